The Bertz CT molecular complexity index is 975. The van der Waals surface area contributed by atoms with E-state index in [4.69, 9.17) is 15.7 Å². The zero-order chi connectivity index (χ0) is 21.1. The van der Waals surface area contributed by atoms with E-state index in [1.54, 1.807) is 12.1 Å². The van der Waals surface area contributed by atoms with E-state index in [9.17, 15) is 5.11 Å². The number of hydrogen-bond acceptors (Lipinski definition) is 7. The maximum atomic E-state index is 9.56. The topological polar surface area (TPSA) is 114 Å². The van der Waals surface area contributed by atoms with E-state index in [1.807, 2.05) is 18.5 Å². The number of aromatic hydroxyl groups is 1. The van der Waals surface area contributed by atoms with Gasteiger partial charge in [0.25, 0.3) is 0 Å². The fraction of sp³-hybridized carbons (Fsp3) is 0.500. The maximum Gasteiger partial charge on any atom is 0.227 e. The number of aromatic nitrogens is 4. The predicted molar refractivity (Wildman–Crippen MR) is 120 cm³/mol. The molecule has 3 aromatic rings. The van der Waals surface area contributed by atoms with Crippen molar-refractivity contribution >= 4 is 28.6 Å². The van der Waals surface area contributed by atoms with Crippen LogP contribution in [0.15, 0.2) is 30.6 Å². The summed E-state index contributed by atoms with van der Waals surface area (Å²) in [6, 6.07) is 7.55. The van der Waals surface area contributed by atoms with E-state index in [1.165, 1.54) is 0 Å². The number of nitrogens with zero attached hydrogens (tertiary/aromatic N) is 4. The summed E-state index contributed by atoms with van der Waals surface area (Å²) in [7, 11) is 0. The van der Waals surface area contributed by atoms with E-state index in [-0.39, 0.29) is 5.75 Å². The highest BCUT2D eigenvalue weighted by molar-refractivity contribution is 5.86. The van der Waals surface area contributed by atoms with Crippen LogP contribution >= 0.6 is 0 Å². The molecule has 30 heavy (non-hydrogen) atoms. The van der Waals surface area contributed by atoms with Gasteiger partial charge >= 0.3 is 0 Å². The Morgan fingerprint density at radius 2 is 1.87 bits per heavy atom. The van der Waals surface area contributed by atoms with Gasteiger partial charge in [-0.3, -0.25) is 0 Å². The first-order valence-corrected chi connectivity index (χ1v) is 10.8. The van der Waals surface area contributed by atoms with Crippen LogP contribution in [0, 0.1) is 5.92 Å². The van der Waals surface area contributed by atoms with Crippen LogP contribution in [-0.4, -0.2) is 36.7 Å². The lowest BCUT2D eigenvalue weighted by atomic mass is 9.92. The van der Waals surface area contributed by atoms with Gasteiger partial charge in [0.15, 0.2) is 17.0 Å². The summed E-state index contributed by atoms with van der Waals surface area (Å²) in [5.74, 6) is 2.09. The molecule has 0 saturated heterocycles. The van der Waals surface area contributed by atoms with Crippen molar-refractivity contribution in [2.75, 3.05) is 10.6 Å². The minimum Gasteiger partial charge on any atom is -0.508 e. The fourth-order valence-electron chi connectivity index (χ4n) is 3.78. The number of benzene rings is 1. The maximum absolute atomic E-state index is 9.56. The van der Waals surface area contributed by atoms with Crippen LogP contribution in [-0.2, 0) is 6.54 Å². The Balaban J connectivity index is 1.65. The van der Waals surface area contributed by atoms with Crippen molar-refractivity contribution < 1.29 is 5.11 Å². The van der Waals surface area contributed by atoms with Crippen molar-refractivity contribution in [2.45, 2.75) is 64.6 Å². The average Bonchev–Trinajstić information content (AvgIpc) is 3.13. The number of fused-ring (bicyclic) bond motifs is 1. The second kappa shape index (κ2) is 8.87. The van der Waals surface area contributed by atoms with Crippen molar-refractivity contribution in [3.05, 3.63) is 30.6 Å². The Morgan fingerprint density at radius 1 is 1.13 bits per heavy atom. The zero-order valence-electron chi connectivity index (χ0n) is 17.7. The van der Waals surface area contributed by atoms with Gasteiger partial charge in [-0.1, -0.05) is 13.8 Å². The van der Waals surface area contributed by atoms with Gasteiger partial charge < -0.3 is 26.0 Å². The van der Waals surface area contributed by atoms with E-state index in [0.29, 0.717) is 29.8 Å². The van der Waals surface area contributed by atoms with Crippen LogP contribution in [0.1, 0.15) is 46.0 Å². The number of phenols is 1. The highest BCUT2D eigenvalue weighted by Crippen LogP contribution is 2.27. The normalized spacial score (nSPS) is 19.3. The van der Waals surface area contributed by atoms with Crippen LogP contribution < -0.4 is 16.4 Å². The second-order valence-corrected chi connectivity index (χ2v) is 8.62. The number of phenolic OH excluding ortho intramolecular Hbond substituents is 1. The quantitative estimate of drug-likeness (QED) is 0.436. The highest BCUT2D eigenvalue weighted by Gasteiger charge is 2.21. The molecule has 8 nitrogen and oxygen atoms in total. The number of anilines is 3. The Kier molecular flexibility index (Phi) is 6.03. The third-order valence-electron chi connectivity index (χ3n) is 5.65. The molecular formula is C22H31N7O. The molecule has 0 bridgehead atoms. The van der Waals surface area contributed by atoms with Gasteiger partial charge in [0.2, 0.25) is 5.95 Å². The van der Waals surface area contributed by atoms with Crippen LogP contribution in [0.4, 0.5) is 17.5 Å². The molecule has 0 amide bonds. The van der Waals surface area contributed by atoms with Crippen molar-refractivity contribution in [3.63, 3.8) is 0 Å². The SMILES string of the molecule is CC(C)CCn1cnc2c(Nc3ccc(O)cc3)nc(NC3CCC(N)CC3)nc21. The summed E-state index contributed by atoms with van der Waals surface area (Å²) in [6.07, 6.45) is 6.98. The van der Waals surface area contributed by atoms with Gasteiger partial charge in [0, 0.05) is 24.3 Å². The van der Waals surface area contributed by atoms with Crippen LogP contribution in [0.2, 0.25) is 0 Å². The third kappa shape index (κ3) is 4.81. The molecule has 2 heterocycles. The molecule has 0 radical (unpaired) electrons. The summed E-state index contributed by atoms with van der Waals surface area (Å²) in [4.78, 5) is 14.1. The minimum atomic E-state index is 0.226. The Morgan fingerprint density at radius 3 is 2.57 bits per heavy atom. The van der Waals surface area contributed by atoms with E-state index in [0.717, 1.165) is 55.5 Å². The lowest BCUT2D eigenvalue weighted by molar-refractivity contribution is 0.410. The standard InChI is InChI=1S/C22H31N7O/c1-14(2)11-12-29-13-24-19-20(25-16-7-9-18(30)10-8-16)27-22(28-21(19)29)26-17-5-3-15(23)4-6-17/h7-10,13-15,17,30H,3-6,11-12,23H2,1-2H3,(H2,25,26,27,28). The Labute approximate surface area is 176 Å². The lowest BCUT2D eigenvalue weighted by Gasteiger charge is -2.26. The molecule has 4 rings (SSSR count). The number of nitrogens with two attached hydrogens (primary N) is 1. The molecule has 5 N–H and O–H groups in total. The first-order chi connectivity index (χ1) is 14.5. The Hall–Kier alpha value is -2.87. The van der Waals surface area contributed by atoms with Crippen molar-refractivity contribution in [2.24, 2.45) is 11.7 Å². The average molecular weight is 410 g/mol. The molecule has 0 atom stereocenters. The molecule has 1 fully saturated rings. The number of hydrogen-bond donors (Lipinski definition) is 4. The largest absolute Gasteiger partial charge is 0.508 e. The molecule has 2 aromatic heterocycles. The predicted octanol–water partition coefficient (Wildman–Crippen LogP) is 4.00. The van der Waals surface area contributed by atoms with Gasteiger partial charge in [-0.25, -0.2) is 4.98 Å². The smallest absolute Gasteiger partial charge is 0.227 e. The van der Waals surface area contributed by atoms with Crippen molar-refractivity contribution in [1.82, 2.24) is 19.5 Å². The van der Waals surface area contributed by atoms with Gasteiger partial charge in [-0.05, 0) is 62.3 Å². The van der Waals surface area contributed by atoms with Crippen LogP contribution in [0.5, 0.6) is 5.75 Å². The van der Waals surface area contributed by atoms with Gasteiger partial charge in [-0.15, -0.1) is 0 Å². The monoisotopic (exact) mass is 409 g/mol. The summed E-state index contributed by atoms with van der Waals surface area (Å²) < 4.78 is 2.10. The van der Waals surface area contributed by atoms with Crippen molar-refractivity contribution in [3.8, 4) is 5.75 Å². The summed E-state index contributed by atoms with van der Waals surface area (Å²) >= 11 is 0. The first kappa shape index (κ1) is 20.4. The molecular weight excluding hydrogens is 378 g/mol. The summed E-state index contributed by atoms with van der Waals surface area (Å²) in [6.45, 7) is 5.29. The fourth-order valence-corrected chi connectivity index (χ4v) is 3.78. The third-order valence-corrected chi connectivity index (χ3v) is 5.65. The number of rotatable bonds is 7. The zero-order valence-corrected chi connectivity index (χ0v) is 17.7. The number of imidazole rings is 1. The van der Waals surface area contributed by atoms with E-state index >= 15 is 0 Å². The number of aryl methyl sites for hydroxylation is 1. The van der Waals surface area contributed by atoms with Crippen molar-refractivity contribution in [1.29, 1.82) is 0 Å². The van der Waals surface area contributed by atoms with Crippen LogP contribution in [0.25, 0.3) is 11.2 Å². The molecule has 0 unspecified atom stereocenters. The lowest BCUT2D eigenvalue weighted by Crippen LogP contribution is -2.33. The summed E-state index contributed by atoms with van der Waals surface area (Å²) in [5, 5.41) is 16.4. The second-order valence-electron chi connectivity index (χ2n) is 8.62. The van der Waals surface area contributed by atoms with Gasteiger partial charge in [0.1, 0.15) is 5.75 Å². The van der Waals surface area contributed by atoms with Gasteiger partial charge in [-0.2, -0.15) is 9.97 Å². The molecule has 160 valence electrons. The van der Waals surface area contributed by atoms with E-state index < -0.39 is 0 Å². The molecule has 1 aliphatic carbocycles. The number of nitrogens with one attached hydrogen (secondary N) is 2. The van der Waals surface area contributed by atoms with Crippen LogP contribution in [0.3, 0.4) is 0 Å². The molecule has 1 aliphatic rings. The molecule has 1 aromatic carbocycles. The van der Waals surface area contributed by atoms with Gasteiger partial charge in [0.05, 0.1) is 6.33 Å². The summed E-state index contributed by atoms with van der Waals surface area (Å²) in [5.41, 5.74) is 8.44. The minimum absolute atomic E-state index is 0.226. The molecule has 0 aliphatic heterocycles. The highest BCUT2D eigenvalue weighted by atomic mass is 16.3. The molecule has 1 saturated carbocycles. The molecule has 0 spiro atoms. The first-order valence-electron chi connectivity index (χ1n) is 10.8. The van der Waals surface area contributed by atoms with E-state index in [2.05, 4.69) is 34.0 Å². The molecule has 8 heteroatoms.